The number of anilines is 1. The van der Waals surface area contributed by atoms with Gasteiger partial charge in [-0.2, -0.15) is 0 Å². The minimum atomic E-state index is -0.466. The van der Waals surface area contributed by atoms with Crippen molar-refractivity contribution in [1.82, 2.24) is 0 Å². The average molecular weight is 271 g/mol. The van der Waals surface area contributed by atoms with Crippen LogP contribution < -0.4 is 4.90 Å². The molecule has 0 bridgehead atoms. The summed E-state index contributed by atoms with van der Waals surface area (Å²) in [6.45, 7) is 2.96. The highest BCUT2D eigenvalue weighted by Crippen LogP contribution is 2.35. The summed E-state index contributed by atoms with van der Waals surface area (Å²) in [6.07, 6.45) is 0.985. The van der Waals surface area contributed by atoms with Crippen LogP contribution in [0, 0.1) is 16.0 Å². The molecule has 18 heavy (non-hydrogen) atoms. The van der Waals surface area contributed by atoms with Gasteiger partial charge in [0.15, 0.2) is 0 Å². The molecule has 0 radical (unpaired) electrons. The Morgan fingerprint density at radius 1 is 1.61 bits per heavy atom. The molecular formula is C12H15ClN2O3. The smallest absolute Gasteiger partial charge is 0.271 e. The summed E-state index contributed by atoms with van der Waals surface area (Å²) in [6, 6.07) is 4.48. The van der Waals surface area contributed by atoms with Crippen LogP contribution in [0.4, 0.5) is 11.4 Å². The third-order valence-electron chi connectivity index (χ3n) is 3.52. The molecule has 1 N–H and O–H groups in total. The Morgan fingerprint density at radius 2 is 2.33 bits per heavy atom. The van der Waals surface area contributed by atoms with E-state index in [9.17, 15) is 15.2 Å². The maximum absolute atomic E-state index is 10.7. The third kappa shape index (κ3) is 2.28. The molecule has 0 aromatic heterocycles. The van der Waals surface area contributed by atoms with E-state index >= 15 is 0 Å². The van der Waals surface area contributed by atoms with Gasteiger partial charge in [0.1, 0.15) is 0 Å². The zero-order valence-corrected chi connectivity index (χ0v) is 10.8. The zero-order valence-electron chi connectivity index (χ0n) is 10.0. The molecule has 6 heteroatoms. The molecule has 98 valence electrons. The van der Waals surface area contributed by atoms with Gasteiger partial charge in [0.25, 0.3) is 5.69 Å². The van der Waals surface area contributed by atoms with E-state index in [1.54, 1.807) is 6.07 Å². The topological polar surface area (TPSA) is 66.6 Å². The van der Waals surface area contributed by atoms with Crippen molar-refractivity contribution >= 4 is 23.0 Å². The second-order valence-electron chi connectivity index (χ2n) is 4.60. The lowest BCUT2D eigenvalue weighted by Crippen LogP contribution is -2.35. The molecule has 0 amide bonds. The molecule has 1 aliphatic rings. The number of halogens is 1. The van der Waals surface area contributed by atoms with Crippen molar-refractivity contribution in [2.24, 2.45) is 5.92 Å². The predicted molar refractivity (Wildman–Crippen MR) is 70.1 cm³/mol. The molecule has 0 aliphatic carbocycles. The van der Waals surface area contributed by atoms with Gasteiger partial charge in [-0.15, -0.1) is 0 Å². The molecule has 1 fully saturated rings. The summed E-state index contributed by atoms with van der Waals surface area (Å²) in [5, 5.41) is 20.4. The van der Waals surface area contributed by atoms with Crippen molar-refractivity contribution in [1.29, 1.82) is 0 Å². The molecule has 1 saturated heterocycles. The minimum absolute atomic E-state index is 0.0171. The van der Waals surface area contributed by atoms with E-state index in [1.165, 1.54) is 12.1 Å². The lowest BCUT2D eigenvalue weighted by molar-refractivity contribution is -0.384. The first-order valence-corrected chi connectivity index (χ1v) is 6.24. The summed E-state index contributed by atoms with van der Waals surface area (Å²) in [5.41, 5.74) is 0.738. The fourth-order valence-corrected chi connectivity index (χ4v) is 2.71. The third-order valence-corrected chi connectivity index (χ3v) is 3.82. The first-order valence-electron chi connectivity index (χ1n) is 5.86. The molecule has 2 atom stereocenters. The zero-order chi connectivity index (χ0) is 13.3. The van der Waals surface area contributed by atoms with E-state index in [-0.39, 0.29) is 18.3 Å². The SMILES string of the molecule is CC1CCN(c2ccc([N+](=O)[O-])cc2Cl)C1CO. The van der Waals surface area contributed by atoms with E-state index in [2.05, 4.69) is 6.92 Å². The van der Waals surface area contributed by atoms with Crippen molar-refractivity contribution in [3.05, 3.63) is 33.3 Å². The van der Waals surface area contributed by atoms with E-state index in [0.29, 0.717) is 10.9 Å². The number of non-ortho nitro benzene ring substituents is 1. The van der Waals surface area contributed by atoms with Gasteiger partial charge in [0.2, 0.25) is 0 Å². The summed E-state index contributed by atoms with van der Waals surface area (Å²) in [4.78, 5) is 12.2. The van der Waals surface area contributed by atoms with Crippen molar-refractivity contribution in [2.75, 3.05) is 18.1 Å². The van der Waals surface area contributed by atoms with E-state index in [0.717, 1.165) is 18.7 Å². The number of aliphatic hydroxyl groups is 1. The molecule has 1 heterocycles. The van der Waals surface area contributed by atoms with Gasteiger partial charge in [-0.05, 0) is 18.4 Å². The number of hydrogen-bond acceptors (Lipinski definition) is 4. The first kappa shape index (κ1) is 13.1. The molecule has 2 unspecified atom stereocenters. The number of nitrogens with zero attached hydrogens (tertiary/aromatic N) is 2. The van der Waals surface area contributed by atoms with Crippen LogP contribution in [0.2, 0.25) is 5.02 Å². The molecule has 2 rings (SSSR count). The van der Waals surface area contributed by atoms with Gasteiger partial charge in [-0.25, -0.2) is 0 Å². The quantitative estimate of drug-likeness (QED) is 0.677. The number of rotatable bonds is 3. The Hall–Kier alpha value is -1.33. The highest BCUT2D eigenvalue weighted by Gasteiger charge is 2.32. The summed E-state index contributed by atoms with van der Waals surface area (Å²) in [5.74, 6) is 0.390. The highest BCUT2D eigenvalue weighted by atomic mass is 35.5. The van der Waals surface area contributed by atoms with Crippen LogP contribution in [0.1, 0.15) is 13.3 Å². The summed E-state index contributed by atoms with van der Waals surface area (Å²) >= 11 is 6.10. The molecule has 5 nitrogen and oxygen atoms in total. The van der Waals surface area contributed by atoms with Crippen molar-refractivity contribution in [3.8, 4) is 0 Å². The molecule has 0 spiro atoms. The van der Waals surface area contributed by atoms with Crippen LogP contribution in [0.5, 0.6) is 0 Å². The Morgan fingerprint density at radius 3 is 2.89 bits per heavy atom. The molecule has 1 aromatic rings. The molecule has 1 aromatic carbocycles. The van der Waals surface area contributed by atoms with Gasteiger partial charge in [0, 0.05) is 18.7 Å². The predicted octanol–water partition coefficient (Wildman–Crippen LogP) is 2.46. The molecule has 1 aliphatic heterocycles. The standard InChI is InChI=1S/C12H15ClN2O3/c1-8-4-5-14(12(8)7-16)11-3-2-9(15(17)18)6-10(11)13/h2-3,6,8,12,16H,4-5,7H2,1H3. The Balaban J connectivity index is 2.31. The van der Waals surface area contributed by atoms with Crippen LogP contribution in [-0.2, 0) is 0 Å². The van der Waals surface area contributed by atoms with Crippen LogP contribution >= 0.6 is 11.6 Å². The van der Waals surface area contributed by atoms with Crippen LogP contribution in [0.15, 0.2) is 18.2 Å². The average Bonchev–Trinajstić information content (AvgIpc) is 2.70. The lowest BCUT2D eigenvalue weighted by atomic mass is 10.0. The van der Waals surface area contributed by atoms with Gasteiger partial charge < -0.3 is 10.0 Å². The van der Waals surface area contributed by atoms with E-state index in [1.807, 2.05) is 4.90 Å². The monoisotopic (exact) mass is 270 g/mol. The number of nitro groups is 1. The van der Waals surface area contributed by atoms with Gasteiger partial charge in [-0.1, -0.05) is 18.5 Å². The maximum atomic E-state index is 10.7. The Bertz CT molecular complexity index is 467. The second-order valence-corrected chi connectivity index (χ2v) is 5.01. The van der Waals surface area contributed by atoms with Crippen molar-refractivity contribution in [3.63, 3.8) is 0 Å². The molecule has 0 saturated carbocycles. The minimum Gasteiger partial charge on any atom is -0.394 e. The van der Waals surface area contributed by atoms with E-state index in [4.69, 9.17) is 11.6 Å². The summed E-state index contributed by atoms with van der Waals surface area (Å²) in [7, 11) is 0. The van der Waals surface area contributed by atoms with Gasteiger partial charge >= 0.3 is 0 Å². The lowest BCUT2D eigenvalue weighted by Gasteiger charge is -2.28. The summed E-state index contributed by atoms with van der Waals surface area (Å²) < 4.78 is 0. The maximum Gasteiger partial charge on any atom is 0.271 e. The van der Waals surface area contributed by atoms with Gasteiger partial charge in [-0.3, -0.25) is 10.1 Å². The number of hydrogen-bond donors (Lipinski definition) is 1. The Labute approximate surface area is 110 Å². The Kier molecular flexibility index (Phi) is 3.73. The fraction of sp³-hybridized carbons (Fsp3) is 0.500. The molecular weight excluding hydrogens is 256 g/mol. The van der Waals surface area contributed by atoms with Crippen LogP contribution in [0.25, 0.3) is 0 Å². The normalized spacial score (nSPS) is 23.4. The fourth-order valence-electron chi connectivity index (χ4n) is 2.43. The van der Waals surface area contributed by atoms with Crippen LogP contribution in [-0.4, -0.2) is 29.2 Å². The van der Waals surface area contributed by atoms with Gasteiger partial charge in [0.05, 0.1) is 28.3 Å². The largest absolute Gasteiger partial charge is 0.394 e. The van der Waals surface area contributed by atoms with Crippen LogP contribution in [0.3, 0.4) is 0 Å². The van der Waals surface area contributed by atoms with Crippen molar-refractivity contribution < 1.29 is 10.0 Å². The number of nitro benzene ring substituents is 1. The van der Waals surface area contributed by atoms with Crippen molar-refractivity contribution in [2.45, 2.75) is 19.4 Å². The number of aliphatic hydroxyl groups excluding tert-OH is 1. The number of benzene rings is 1. The highest BCUT2D eigenvalue weighted by molar-refractivity contribution is 6.33. The second kappa shape index (κ2) is 5.12. The first-order chi connectivity index (χ1) is 8.54. The van der Waals surface area contributed by atoms with E-state index < -0.39 is 4.92 Å².